The Hall–Kier alpha value is -2.47. The van der Waals surface area contributed by atoms with Crippen LogP contribution in [0.5, 0.6) is 0 Å². The van der Waals surface area contributed by atoms with Crippen LogP contribution in [0, 0.1) is 0 Å². The molecule has 2 aromatic carbocycles. The molecule has 34 heavy (non-hydrogen) atoms. The van der Waals surface area contributed by atoms with Crippen molar-refractivity contribution in [3.05, 3.63) is 70.0 Å². The monoisotopic (exact) mass is 497 g/mol. The van der Waals surface area contributed by atoms with Gasteiger partial charge >= 0.3 is 5.97 Å². The first-order valence-electron chi connectivity index (χ1n) is 11.8. The molecule has 0 saturated heterocycles. The minimum Gasteiger partial charge on any atom is -0.481 e. The van der Waals surface area contributed by atoms with Gasteiger partial charge in [0, 0.05) is 40.6 Å². The number of carbonyl (C=O) groups is 1. The zero-order valence-corrected chi connectivity index (χ0v) is 20.8. The minimum atomic E-state index is -0.714. The number of carboxylic acid groups (broad SMARTS) is 1. The molecule has 0 amide bonds. The number of carboxylic acids is 1. The lowest BCUT2D eigenvalue weighted by molar-refractivity contribution is -0.137. The van der Waals surface area contributed by atoms with Crippen LogP contribution in [0.2, 0.25) is 10.0 Å². The molecule has 1 aromatic heterocycles. The molecule has 1 aliphatic rings. The highest BCUT2D eigenvalue weighted by Crippen LogP contribution is 2.35. The molecule has 1 atom stereocenters. The fourth-order valence-electron chi connectivity index (χ4n) is 4.49. The third-order valence-corrected chi connectivity index (χ3v) is 6.90. The predicted octanol–water partition coefficient (Wildman–Crippen LogP) is 7.07. The van der Waals surface area contributed by atoms with Crippen molar-refractivity contribution in [2.75, 3.05) is 13.1 Å². The van der Waals surface area contributed by atoms with Crippen molar-refractivity contribution in [3.63, 3.8) is 0 Å². The van der Waals surface area contributed by atoms with Crippen LogP contribution in [0.25, 0.3) is 22.5 Å². The molecule has 3 aromatic rings. The van der Waals surface area contributed by atoms with Crippen molar-refractivity contribution in [1.82, 2.24) is 14.9 Å². The summed E-state index contributed by atoms with van der Waals surface area (Å²) < 4.78 is 0. The lowest BCUT2D eigenvalue weighted by atomic mass is 9.98. The van der Waals surface area contributed by atoms with Gasteiger partial charge in [-0.15, -0.1) is 0 Å². The molecule has 5 nitrogen and oxygen atoms in total. The Morgan fingerprint density at radius 1 is 0.912 bits per heavy atom. The zero-order chi connectivity index (χ0) is 24.1. The van der Waals surface area contributed by atoms with Gasteiger partial charge in [-0.1, -0.05) is 60.3 Å². The van der Waals surface area contributed by atoms with Gasteiger partial charge < -0.3 is 5.11 Å². The fraction of sp³-hybridized carbons (Fsp3) is 0.370. The quantitative estimate of drug-likeness (QED) is 0.320. The Morgan fingerprint density at radius 3 is 2.06 bits per heavy atom. The van der Waals surface area contributed by atoms with Gasteiger partial charge in [0.15, 0.2) is 0 Å². The molecule has 0 radical (unpaired) electrons. The number of benzene rings is 2. The van der Waals surface area contributed by atoms with Gasteiger partial charge in [0.05, 0.1) is 28.8 Å². The molecule has 2 heterocycles. The number of aromatic nitrogens is 2. The number of nitrogens with zero attached hydrogens (tertiary/aromatic N) is 3. The predicted molar refractivity (Wildman–Crippen MR) is 137 cm³/mol. The van der Waals surface area contributed by atoms with Crippen molar-refractivity contribution < 1.29 is 9.90 Å². The van der Waals surface area contributed by atoms with Crippen LogP contribution in [-0.2, 0) is 11.2 Å². The van der Waals surface area contributed by atoms with Crippen molar-refractivity contribution in [1.29, 1.82) is 0 Å². The third kappa shape index (κ3) is 5.96. The van der Waals surface area contributed by atoms with E-state index in [1.54, 1.807) is 0 Å². The van der Waals surface area contributed by atoms with E-state index in [0.29, 0.717) is 10.0 Å². The Kier molecular flexibility index (Phi) is 8.19. The maximum absolute atomic E-state index is 10.7. The van der Waals surface area contributed by atoms with Crippen LogP contribution in [-0.4, -0.2) is 39.0 Å². The number of fused-ring (bicyclic) bond motifs is 1. The Balaban J connectivity index is 1.58. The highest BCUT2D eigenvalue weighted by atomic mass is 35.5. The maximum atomic E-state index is 10.7. The van der Waals surface area contributed by atoms with Gasteiger partial charge in [-0.2, -0.15) is 0 Å². The number of aliphatic carboxylic acids is 1. The molecule has 0 fully saturated rings. The lowest BCUT2D eigenvalue weighted by Gasteiger charge is -2.34. The molecule has 178 valence electrons. The fourth-order valence-corrected chi connectivity index (χ4v) is 4.74. The highest BCUT2D eigenvalue weighted by molar-refractivity contribution is 6.31. The smallest absolute Gasteiger partial charge is 0.303 e. The molecule has 1 unspecified atom stereocenters. The van der Waals surface area contributed by atoms with Crippen LogP contribution in [0.4, 0.5) is 0 Å². The molecule has 7 heteroatoms. The summed E-state index contributed by atoms with van der Waals surface area (Å²) in [6, 6.07) is 15.6. The van der Waals surface area contributed by atoms with E-state index >= 15 is 0 Å². The van der Waals surface area contributed by atoms with E-state index in [-0.39, 0.29) is 12.5 Å². The first-order chi connectivity index (χ1) is 16.4. The summed E-state index contributed by atoms with van der Waals surface area (Å²) in [5, 5.41) is 10.2. The summed E-state index contributed by atoms with van der Waals surface area (Å²) in [6.45, 7) is 4.12. The average molecular weight is 498 g/mol. The zero-order valence-electron chi connectivity index (χ0n) is 19.3. The van der Waals surface area contributed by atoms with Crippen molar-refractivity contribution in [2.45, 2.75) is 51.5 Å². The summed E-state index contributed by atoms with van der Waals surface area (Å²) in [5.41, 5.74) is 5.75. The van der Waals surface area contributed by atoms with E-state index in [4.69, 9.17) is 38.3 Å². The minimum absolute atomic E-state index is 0.167. The van der Waals surface area contributed by atoms with E-state index in [1.165, 1.54) is 0 Å². The Morgan fingerprint density at radius 2 is 1.47 bits per heavy atom. The van der Waals surface area contributed by atoms with Crippen LogP contribution >= 0.6 is 23.2 Å². The molecular formula is C27H29Cl2N3O2. The topological polar surface area (TPSA) is 66.3 Å². The molecule has 0 spiro atoms. The third-order valence-electron chi connectivity index (χ3n) is 6.40. The van der Waals surface area contributed by atoms with E-state index in [0.717, 1.165) is 79.1 Å². The van der Waals surface area contributed by atoms with Gasteiger partial charge in [0.1, 0.15) is 0 Å². The van der Waals surface area contributed by atoms with Gasteiger partial charge in [0.2, 0.25) is 0 Å². The largest absolute Gasteiger partial charge is 0.481 e. The number of unbranched alkanes of at least 4 members (excludes halogenated alkanes) is 3. The second-order valence-corrected chi connectivity index (χ2v) is 9.66. The summed E-state index contributed by atoms with van der Waals surface area (Å²) in [6.07, 6.45) is 4.91. The van der Waals surface area contributed by atoms with Crippen LogP contribution in [0.15, 0.2) is 48.5 Å². The maximum Gasteiger partial charge on any atom is 0.303 e. The van der Waals surface area contributed by atoms with Crippen LogP contribution in [0.3, 0.4) is 0 Å². The van der Waals surface area contributed by atoms with Crippen LogP contribution in [0.1, 0.15) is 56.5 Å². The Labute approximate surface area is 210 Å². The number of rotatable bonds is 9. The first kappa shape index (κ1) is 24.6. The van der Waals surface area contributed by atoms with E-state index in [2.05, 4.69) is 11.8 Å². The summed E-state index contributed by atoms with van der Waals surface area (Å²) >= 11 is 12.3. The molecule has 0 saturated carbocycles. The first-order valence-corrected chi connectivity index (χ1v) is 12.6. The highest BCUT2D eigenvalue weighted by Gasteiger charge is 2.28. The van der Waals surface area contributed by atoms with Gasteiger partial charge in [-0.05, 0) is 50.6 Å². The van der Waals surface area contributed by atoms with Crippen molar-refractivity contribution in [3.8, 4) is 22.5 Å². The summed E-state index contributed by atoms with van der Waals surface area (Å²) in [5.74, 6) is -0.714. The normalized spacial score (nSPS) is 15.8. The van der Waals surface area contributed by atoms with E-state index < -0.39 is 5.97 Å². The molecule has 4 rings (SSSR count). The molecule has 0 bridgehead atoms. The molecule has 0 aliphatic carbocycles. The molecular weight excluding hydrogens is 469 g/mol. The molecule has 1 aliphatic heterocycles. The molecule has 1 N–H and O–H groups in total. The van der Waals surface area contributed by atoms with Gasteiger partial charge in [0.25, 0.3) is 0 Å². The van der Waals surface area contributed by atoms with Crippen LogP contribution < -0.4 is 0 Å². The van der Waals surface area contributed by atoms with E-state index in [1.807, 2.05) is 48.5 Å². The van der Waals surface area contributed by atoms with E-state index in [9.17, 15) is 4.79 Å². The SMILES string of the molecule is CC1c2nc(-c3ccc(Cl)cc3)c(-c3ccc(Cl)cc3)nc2CCN1CCCCCCC(=O)O. The lowest BCUT2D eigenvalue weighted by Crippen LogP contribution is -2.36. The second kappa shape index (κ2) is 11.3. The second-order valence-electron chi connectivity index (χ2n) is 8.79. The summed E-state index contributed by atoms with van der Waals surface area (Å²) in [4.78, 5) is 23.4. The standard InChI is InChI=1S/C27H29Cl2N3O2/c1-18-25-23(15-17-32(18)16-5-3-2-4-6-24(33)34)30-26(19-7-11-21(28)12-8-19)27(31-25)20-9-13-22(29)14-10-20/h7-14,18H,2-6,15-17H2,1H3,(H,33,34). The summed E-state index contributed by atoms with van der Waals surface area (Å²) in [7, 11) is 0. The number of hydrogen-bond donors (Lipinski definition) is 1. The van der Waals surface area contributed by atoms with Crippen molar-refractivity contribution in [2.24, 2.45) is 0 Å². The number of halogens is 2. The number of hydrogen-bond acceptors (Lipinski definition) is 4. The van der Waals surface area contributed by atoms with Crippen molar-refractivity contribution >= 4 is 29.2 Å². The Bertz CT molecular complexity index is 1130. The average Bonchev–Trinajstić information content (AvgIpc) is 2.83. The van der Waals surface area contributed by atoms with Gasteiger partial charge in [-0.25, -0.2) is 9.97 Å². The van der Waals surface area contributed by atoms with Gasteiger partial charge in [-0.3, -0.25) is 9.69 Å².